The number of phenolic OH excluding ortho intramolecular Hbond substituents is 1. The molecule has 2 rings (SSSR count). The molecule has 1 amide bonds. The summed E-state index contributed by atoms with van der Waals surface area (Å²) in [5.41, 5.74) is 2.85. The average molecular weight is 276 g/mol. The maximum Gasteiger partial charge on any atom is 0.281 e. The normalized spacial score (nSPS) is 10.6. The SMILES string of the molecule is COc1ccc(O)c(/C=N/NC(=O)c2cccs2)c1. The first kappa shape index (κ1) is 13.1. The maximum absolute atomic E-state index is 11.6. The third kappa shape index (κ3) is 3.32. The molecule has 1 heterocycles. The van der Waals surface area contributed by atoms with Gasteiger partial charge in [-0.15, -0.1) is 11.3 Å². The van der Waals surface area contributed by atoms with Gasteiger partial charge in [0, 0.05) is 5.56 Å². The number of phenols is 1. The first-order valence-electron chi connectivity index (χ1n) is 5.44. The molecule has 0 radical (unpaired) electrons. The Hall–Kier alpha value is -2.34. The second-order valence-corrected chi connectivity index (χ2v) is 4.55. The quantitative estimate of drug-likeness (QED) is 0.664. The Morgan fingerprint density at radius 1 is 1.47 bits per heavy atom. The molecule has 0 saturated heterocycles. The zero-order valence-corrected chi connectivity index (χ0v) is 11.0. The van der Waals surface area contributed by atoms with E-state index in [9.17, 15) is 9.90 Å². The van der Waals surface area contributed by atoms with E-state index < -0.39 is 0 Å². The van der Waals surface area contributed by atoms with E-state index in [1.807, 2.05) is 5.38 Å². The topological polar surface area (TPSA) is 70.9 Å². The molecule has 2 N–H and O–H groups in total. The Morgan fingerprint density at radius 2 is 2.32 bits per heavy atom. The number of ether oxygens (including phenoxy) is 1. The van der Waals surface area contributed by atoms with E-state index in [0.717, 1.165) is 0 Å². The molecule has 5 nitrogen and oxygen atoms in total. The van der Waals surface area contributed by atoms with Crippen molar-refractivity contribution in [3.63, 3.8) is 0 Å². The Balaban J connectivity index is 2.05. The first-order valence-corrected chi connectivity index (χ1v) is 6.32. The number of nitrogens with zero attached hydrogens (tertiary/aromatic N) is 1. The van der Waals surface area contributed by atoms with Crippen LogP contribution < -0.4 is 10.2 Å². The molecule has 0 aliphatic carbocycles. The van der Waals surface area contributed by atoms with Crippen molar-refractivity contribution in [1.29, 1.82) is 0 Å². The van der Waals surface area contributed by atoms with Crippen LogP contribution >= 0.6 is 11.3 Å². The van der Waals surface area contributed by atoms with E-state index in [-0.39, 0.29) is 11.7 Å². The van der Waals surface area contributed by atoms with Crippen LogP contribution in [0.15, 0.2) is 40.8 Å². The second-order valence-electron chi connectivity index (χ2n) is 3.60. The van der Waals surface area contributed by atoms with E-state index in [1.165, 1.54) is 30.7 Å². The van der Waals surface area contributed by atoms with Crippen LogP contribution in [-0.2, 0) is 0 Å². The number of thiophene rings is 1. The molecule has 2 aromatic rings. The number of carbonyl (C=O) groups is 1. The molecule has 6 heteroatoms. The molecule has 1 aromatic carbocycles. The molecule has 1 aromatic heterocycles. The molecule has 0 atom stereocenters. The van der Waals surface area contributed by atoms with Gasteiger partial charge in [-0.25, -0.2) is 5.43 Å². The van der Waals surface area contributed by atoms with Crippen molar-refractivity contribution in [3.05, 3.63) is 46.2 Å². The van der Waals surface area contributed by atoms with Gasteiger partial charge in [-0.3, -0.25) is 4.79 Å². The molecule has 0 fully saturated rings. The van der Waals surface area contributed by atoms with Crippen LogP contribution in [0.3, 0.4) is 0 Å². The van der Waals surface area contributed by atoms with Crippen molar-refractivity contribution in [2.24, 2.45) is 5.10 Å². The van der Waals surface area contributed by atoms with Gasteiger partial charge in [0.1, 0.15) is 11.5 Å². The lowest BCUT2D eigenvalue weighted by Crippen LogP contribution is -2.16. The van der Waals surface area contributed by atoms with Crippen LogP contribution in [0.2, 0.25) is 0 Å². The van der Waals surface area contributed by atoms with Crippen molar-refractivity contribution in [3.8, 4) is 11.5 Å². The summed E-state index contributed by atoms with van der Waals surface area (Å²) in [5.74, 6) is 0.382. The summed E-state index contributed by atoms with van der Waals surface area (Å²) in [6, 6.07) is 8.25. The van der Waals surface area contributed by atoms with Crippen molar-refractivity contribution < 1.29 is 14.6 Å². The Kier molecular flexibility index (Phi) is 4.15. The zero-order valence-electron chi connectivity index (χ0n) is 10.2. The molecular formula is C13H12N2O3S. The molecule has 19 heavy (non-hydrogen) atoms. The number of aromatic hydroxyl groups is 1. The van der Waals surface area contributed by atoms with E-state index >= 15 is 0 Å². The predicted molar refractivity (Wildman–Crippen MR) is 74.0 cm³/mol. The highest BCUT2D eigenvalue weighted by molar-refractivity contribution is 7.12. The number of methoxy groups -OCH3 is 1. The standard InChI is InChI=1S/C13H12N2O3S/c1-18-10-4-5-11(16)9(7-10)8-14-15-13(17)12-3-2-6-19-12/h2-8,16H,1H3,(H,15,17)/b14-8+. The third-order valence-corrected chi connectivity index (χ3v) is 3.22. The van der Waals surface area contributed by atoms with Crippen LogP contribution in [-0.4, -0.2) is 24.3 Å². The number of nitrogens with one attached hydrogen (secondary N) is 1. The molecule has 0 unspecified atom stereocenters. The minimum Gasteiger partial charge on any atom is -0.507 e. The lowest BCUT2D eigenvalue weighted by molar-refractivity contribution is 0.0959. The molecule has 0 saturated carbocycles. The molecule has 0 spiro atoms. The van der Waals surface area contributed by atoms with Gasteiger partial charge in [0.2, 0.25) is 0 Å². The predicted octanol–water partition coefficient (Wildman–Crippen LogP) is 2.23. The van der Waals surface area contributed by atoms with Crippen molar-refractivity contribution in [2.75, 3.05) is 7.11 Å². The number of hydrazone groups is 1. The summed E-state index contributed by atoms with van der Waals surface area (Å²) in [7, 11) is 1.53. The fourth-order valence-corrected chi connectivity index (χ4v) is 2.00. The first-order chi connectivity index (χ1) is 9.20. The highest BCUT2D eigenvalue weighted by Crippen LogP contribution is 2.20. The van der Waals surface area contributed by atoms with Crippen LogP contribution in [0.5, 0.6) is 11.5 Å². The fourth-order valence-electron chi connectivity index (χ4n) is 1.39. The number of hydrogen-bond donors (Lipinski definition) is 2. The molecular weight excluding hydrogens is 264 g/mol. The summed E-state index contributed by atoms with van der Waals surface area (Å²) < 4.78 is 5.04. The van der Waals surface area contributed by atoms with Gasteiger partial charge in [-0.05, 0) is 29.6 Å². The summed E-state index contributed by atoms with van der Waals surface area (Å²) in [6.45, 7) is 0. The van der Waals surface area contributed by atoms with Crippen molar-refractivity contribution in [1.82, 2.24) is 5.43 Å². The molecule has 0 bridgehead atoms. The minimum atomic E-state index is -0.284. The van der Waals surface area contributed by atoms with Gasteiger partial charge in [0.15, 0.2) is 0 Å². The highest BCUT2D eigenvalue weighted by atomic mass is 32.1. The van der Waals surface area contributed by atoms with Crippen LogP contribution in [0.1, 0.15) is 15.2 Å². The van der Waals surface area contributed by atoms with Gasteiger partial charge in [-0.1, -0.05) is 6.07 Å². The smallest absolute Gasteiger partial charge is 0.281 e. The maximum atomic E-state index is 11.6. The zero-order chi connectivity index (χ0) is 13.7. The van der Waals surface area contributed by atoms with Gasteiger partial charge in [0.05, 0.1) is 18.2 Å². The summed E-state index contributed by atoms with van der Waals surface area (Å²) in [6.07, 6.45) is 1.36. The minimum absolute atomic E-state index is 0.0647. The summed E-state index contributed by atoms with van der Waals surface area (Å²) >= 11 is 1.33. The molecule has 0 aliphatic heterocycles. The Morgan fingerprint density at radius 3 is 3.00 bits per heavy atom. The third-order valence-electron chi connectivity index (χ3n) is 2.35. The highest BCUT2D eigenvalue weighted by Gasteiger charge is 2.04. The Bertz CT molecular complexity index is 594. The van der Waals surface area contributed by atoms with Gasteiger partial charge < -0.3 is 9.84 Å². The van der Waals surface area contributed by atoms with E-state index in [4.69, 9.17) is 4.74 Å². The van der Waals surface area contributed by atoms with Crippen LogP contribution in [0, 0.1) is 0 Å². The fraction of sp³-hybridized carbons (Fsp3) is 0.0769. The number of carbonyl (C=O) groups excluding carboxylic acids is 1. The van der Waals surface area contributed by atoms with Gasteiger partial charge in [-0.2, -0.15) is 5.10 Å². The average Bonchev–Trinajstić information content (AvgIpc) is 2.95. The molecule has 0 aliphatic rings. The lowest BCUT2D eigenvalue weighted by Gasteiger charge is -2.02. The largest absolute Gasteiger partial charge is 0.507 e. The van der Waals surface area contributed by atoms with Crippen LogP contribution in [0.25, 0.3) is 0 Å². The summed E-state index contributed by atoms with van der Waals surface area (Å²) in [4.78, 5) is 12.2. The number of hydrogen-bond acceptors (Lipinski definition) is 5. The lowest BCUT2D eigenvalue weighted by atomic mass is 10.2. The van der Waals surface area contributed by atoms with Crippen LogP contribution in [0.4, 0.5) is 0 Å². The van der Waals surface area contributed by atoms with E-state index in [1.54, 1.807) is 24.3 Å². The molecule has 98 valence electrons. The van der Waals surface area contributed by atoms with Gasteiger partial charge >= 0.3 is 0 Å². The van der Waals surface area contributed by atoms with E-state index in [0.29, 0.717) is 16.2 Å². The van der Waals surface area contributed by atoms with Crippen molar-refractivity contribution in [2.45, 2.75) is 0 Å². The van der Waals surface area contributed by atoms with Gasteiger partial charge in [0.25, 0.3) is 5.91 Å². The monoisotopic (exact) mass is 276 g/mol. The number of benzene rings is 1. The number of rotatable bonds is 4. The second kappa shape index (κ2) is 6.01. The van der Waals surface area contributed by atoms with Crippen molar-refractivity contribution >= 4 is 23.5 Å². The van der Waals surface area contributed by atoms with E-state index in [2.05, 4.69) is 10.5 Å². The summed E-state index contributed by atoms with van der Waals surface area (Å²) in [5, 5.41) is 15.2. The Labute approximate surface area is 114 Å². The number of amides is 1.